The van der Waals surface area contributed by atoms with Gasteiger partial charge in [-0.1, -0.05) is 43.6 Å². The Bertz CT molecular complexity index is 867. The molecule has 2 aromatic rings. The third-order valence-electron chi connectivity index (χ3n) is 5.02. The molecule has 0 bridgehead atoms. The minimum atomic E-state index is -4.99. The molecule has 160 valence electrons. The summed E-state index contributed by atoms with van der Waals surface area (Å²) < 4.78 is 55.5. The Kier molecular flexibility index (Phi) is 7.00. The van der Waals surface area contributed by atoms with Crippen LogP contribution in [0.5, 0.6) is 0 Å². The molecule has 0 saturated carbocycles. The summed E-state index contributed by atoms with van der Waals surface area (Å²) in [5.74, 6) is -0.650. The van der Waals surface area contributed by atoms with E-state index in [4.69, 9.17) is 16.7 Å². The van der Waals surface area contributed by atoms with Crippen LogP contribution >= 0.6 is 11.6 Å². The molecule has 0 spiro atoms. The number of halogens is 5. The van der Waals surface area contributed by atoms with Gasteiger partial charge in [0.25, 0.3) is 0 Å². The minimum absolute atomic E-state index is 0.00108. The van der Waals surface area contributed by atoms with Gasteiger partial charge in [0.05, 0.1) is 13.2 Å². The first-order chi connectivity index (χ1) is 13.3. The summed E-state index contributed by atoms with van der Waals surface area (Å²) in [6, 6.07) is 7.60. The van der Waals surface area contributed by atoms with E-state index < -0.39 is 42.5 Å². The van der Waals surface area contributed by atoms with E-state index in [2.05, 4.69) is 0 Å². The van der Waals surface area contributed by atoms with Crippen LogP contribution in [0, 0.1) is 5.82 Å². The van der Waals surface area contributed by atoms with Crippen molar-refractivity contribution in [1.82, 2.24) is 0 Å². The standard InChI is InChI=1S/C21H23ClF4O3/c1-19(2,17-8-16(23)6-5-15(17)11-28)12-20(29,21(24,25)26)9-14-4-3-13(10-27)7-18(14)22/h3-8,27-29H,9-12H2,1-2H3. The number of rotatable bonds is 7. The van der Waals surface area contributed by atoms with Gasteiger partial charge in [-0.2, -0.15) is 13.2 Å². The Balaban J connectivity index is 2.46. The van der Waals surface area contributed by atoms with Crippen LogP contribution in [0.4, 0.5) is 17.6 Å². The monoisotopic (exact) mass is 434 g/mol. The maximum Gasteiger partial charge on any atom is 0.417 e. The Morgan fingerprint density at radius 2 is 1.55 bits per heavy atom. The fourth-order valence-electron chi connectivity index (χ4n) is 3.55. The summed E-state index contributed by atoms with van der Waals surface area (Å²) in [4.78, 5) is 0. The Hall–Kier alpha value is -1.67. The summed E-state index contributed by atoms with van der Waals surface area (Å²) in [5, 5.41) is 29.3. The zero-order valence-electron chi connectivity index (χ0n) is 16.0. The van der Waals surface area contributed by atoms with Gasteiger partial charge in [-0.05, 0) is 52.3 Å². The molecular formula is C21H23ClF4O3. The van der Waals surface area contributed by atoms with Crippen molar-refractivity contribution in [2.75, 3.05) is 0 Å². The van der Waals surface area contributed by atoms with E-state index in [1.54, 1.807) is 0 Å². The highest BCUT2D eigenvalue weighted by molar-refractivity contribution is 6.31. The molecule has 0 fully saturated rings. The lowest BCUT2D eigenvalue weighted by Gasteiger charge is -2.39. The van der Waals surface area contributed by atoms with E-state index >= 15 is 0 Å². The van der Waals surface area contributed by atoms with Crippen molar-refractivity contribution in [3.05, 3.63) is 69.5 Å². The lowest BCUT2D eigenvalue weighted by Crippen LogP contribution is -2.51. The van der Waals surface area contributed by atoms with E-state index in [9.17, 15) is 27.8 Å². The van der Waals surface area contributed by atoms with Crippen LogP contribution in [0.2, 0.25) is 5.02 Å². The smallest absolute Gasteiger partial charge is 0.392 e. The first kappa shape index (κ1) is 23.6. The molecule has 3 nitrogen and oxygen atoms in total. The second-order valence-electron chi connectivity index (χ2n) is 7.81. The highest BCUT2D eigenvalue weighted by Gasteiger charge is 2.56. The predicted molar refractivity (Wildman–Crippen MR) is 102 cm³/mol. The van der Waals surface area contributed by atoms with Crippen LogP contribution in [0.1, 0.15) is 42.5 Å². The van der Waals surface area contributed by atoms with Gasteiger partial charge < -0.3 is 15.3 Å². The van der Waals surface area contributed by atoms with Gasteiger partial charge in [-0.15, -0.1) is 0 Å². The highest BCUT2D eigenvalue weighted by Crippen LogP contribution is 2.44. The number of hydrogen-bond donors (Lipinski definition) is 3. The summed E-state index contributed by atoms with van der Waals surface area (Å²) in [5.41, 5.74) is -3.50. The largest absolute Gasteiger partial charge is 0.417 e. The average Bonchev–Trinajstić information content (AvgIpc) is 2.62. The van der Waals surface area contributed by atoms with Gasteiger partial charge in [0.2, 0.25) is 0 Å². The molecule has 1 unspecified atom stereocenters. The van der Waals surface area contributed by atoms with Crippen molar-refractivity contribution in [2.24, 2.45) is 0 Å². The second-order valence-corrected chi connectivity index (χ2v) is 8.22. The molecule has 0 heterocycles. The van der Waals surface area contributed by atoms with E-state index in [0.717, 1.165) is 12.1 Å². The summed E-state index contributed by atoms with van der Waals surface area (Å²) >= 11 is 6.05. The van der Waals surface area contributed by atoms with E-state index in [1.165, 1.54) is 38.1 Å². The van der Waals surface area contributed by atoms with E-state index in [1.807, 2.05) is 0 Å². The molecule has 1 atom stereocenters. The van der Waals surface area contributed by atoms with Crippen LogP contribution in [0.25, 0.3) is 0 Å². The average molecular weight is 435 g/mol. The second kappa shape index (κ2) is 8.60. The van der Waals surface area contributed by atoms with Gasteiger partial charge in [0.1, 0.15) is 5.82 Å². The summed E-state index contributed by atoms with van der Waals surface area (Å²) in [6.45, 7) is 2.11. The van der Waals surface area contributed by atoms with Gasteiger partial charge in [-0.3, -0.25) is 0 Å². The third-order valence-corrected chi connectivity index (χ3v) is 5.37. The molecule has 2 rings (SSSR count). The van der Waals surface area contributed by atoms with Crippen molar-refractivity contribution in [1.29, 1.82) is 0 Å². The topological polar surface area (TPSA) is 60.7 Å². The van der Waals surface area contributed by atoms with Gasteiger partial charge in [0.15, 0.2) is 5.60 Å². The number of alkyl halides is 3. The molecule has 8 heteroatoms. The fraction of sp³-hybridized carbons (Fsp3) is 0.429. The maximum absolute atomic E-state index is 13.9. The Morgan fingerprint density at radius 1 is 0.931 bits per heavy atom. The van der Waals surface area contributed by atoms with Crippen LogP contribution in [0.15, 0.2) is 36.4 Å². The SMILES string of the molecule is CC(C)(CC(O)(Cc1ccc(CO)cc1Cl)C(F)(F)F)c1cc(F)ccc1CO. The highest BCUT2D eigenvalue weighted by atomic mass is 35.5. The van der Waals surface area contributed by atoms with Crippen LogP contribution in [0.3, 0.4) is 0 Å². The van der Waals surface area contributed by atoms with E-state index in [0.29, 0.717) is 5.56 Å². The van der Waals surface area contributed by atoms with Crippen molar-refractivity contribution >= 4 is 11.6 Å². The lowest BCUT2D eigenvalue weighted by molar-refractivity contribution is -0.266. The molecule has 29 heavy (non-hydrogen) atoms. The molecule has 0 aliphatic heterocycles. The van der Waals surface area contributed by atoms with Crippen molar-refractivity contribution < 1.29 is 32.9 Å². The number of hydrogen-bond acceptors (Lipinski definition) is 3. The van der Waals surface area contributed by atoms with Gasteiger partial charge in [-0.25, -0.2) is 4.39 Å². The molecule has 0 aliphatic rings. The zero-order chi connectivity index (χ0) is 22.0. The maximum atomic E-state index is 13.9. The fourth-order valence-corrected chi connectivity index (χ4v) is 3.82. The van der Waals surface area contributed by atoms with Crippen molar-refractivity contribution in [2.45, 2.75) is 57.1 Å². The Morgan fingerprint density at radius 3 is 2.07 bits per heavy atom. The van der Waals surface area contributed by atoms with Crippen LogP contribution in [-0.4, -0.2) is 27.1 Å². The molecule has 0 saturated heterocycles. The van der Waals surface area contributed by atoms with Crippen LogP contribution < -0.4 is 0 Å². The van der Waals surface area contributed by atoms with Crippen molar-refractivity contribution in [3.63, 3.8) is 0 Å². The molecular weight excluding hydrogens is 412 g/mol. The predicted octanol–water partition coefficient (Wildman–Crippen LogP) is 4.67. The number of aliphatic hydroxyl groups is 3. The molecule has 0 amide bonds. The minimum Gasteiger partial charge on any atom is -0.392 e. The molecule has 0 aliphatic carbocycles. The molecule has 2 aromatic carbocycles. The normalized spacial score (nSPS) is 14.7. The molecule has 0 radical (unpaired) electrons. The van der Waals surface area contributed by atoms with Gasteiger partial charge in [0, 0.05) is 11.4 Å². The quantitative estimate of drug-likeness (QED) is 0.555. The first-order valence-electron chi connectivity index (χ1n) is 8.90. The number of aliphatic hydroxyl groups excluding tert-OH is 2. The summed E-state index contributed by atoms with van der Waals surface area (Å²) in [6.07, 6.45) is -6.58. The zero-order valence-corrected chi connectivity index (χ0v) is 16.8. The third kappa shape index (κ3) is 5.28. The van der Waals surface area contributed by atoms with E-state index in [-0.39, 0.29) is 28.3 Å². The van der Waals surface area contributed by atoms with Crippen molar-refractivity contribution in [3.8, 4) is 0 Å². The van der Waals surface area contributed by atoms with Gasteiger partial charge >= 0.3 is 6.18 Å². The first-order valence-corrected chi connectivity index (χ1v) is 9.28. The Labute approximate surface area is 171 Å². The lowest BCUT2D eigenvalue weighted by atomic mass is 9.71. The molecule has 0 aromatic heterocycles. The number of benzene rings is 2. The summed E-state index contributed by atoms with van der Waals surface area (Å²) in [7, 11) is 0. The molecule has 3 N–H and O–H groups in total. The van der Waals surface area contributed by atoms with Crippen LogP contribution in [-0.2, 0) is 25.0 Å².